The van der Waals surface area contributed by atoms with Gasteiger partial charge in [-0.15, -0.1) is 0 Å². The van der Waals surface area contributed by atoms with Crippen LogP contribution in [-0.4, -0.2) is 19.5 Å². The Balaban J connectivity index is 2.58. The maximum absolute atomic E-state index is 5.77. The lowest BCUT2D eigenvalue weighted by atomic mass is 10.4. The van der Waals surface area contributed by atoms with Gasteiger partial charge in [-0.1, -0.05) is 6.92 Å². The van der Waals surface area contributed by atoms with Gasteiger partial charge in [-0.05, 0) is 11.6 Å². The molecule has 6 heteroatoms. The molecule has 0 aromatic carbocycles. The van der Waals surface area contributed by atoms with Crippen molar-refractivity contribution in [2.45, 2.75) is 13.3 Å². The Hall–Kier alpha value is -1.62. The quantitative estimate of drug-likeness (QED) is 0.783. The highest BCUT2D eigenvalue weighted by Gasteiger charge is 2.08. The molecule has 2 heterocycles. The lowest BCUT2D eigenvalue weighted by Gasteiger charge is -2.07. The highest BCUT2D eigenvalue weighted by atomic mass is 35.5. The van der Waals surface area contributed by atoms with Crippen LogP contribution < -0.4 is 5.73 Å². The number of nitrogens with zero attached hydrogens (tertiary/aromatic N) is 4. The zero-order valence-electron chi connectivity index (χ0n) is 8.18. The van der Waals surface area contributed by atoms with Crippen LogP contribution in [0.3, 0.4) is 0 Å². The summed E-state index contributed by atoms with van der Waals surface area (Å²) < 4.78 is 1.81. The first-order chi connectivity index (χ1) is 7.22. The SMILES string of the molecule is CCc1nccn1-c1nc(Cl)ncc1N. The zero-order chi connectivity index (χ0) is 10.8. The minimum Gasteiger partial charge on any atom is -0.394 e. The predicted molar refractivity (Wildman–Crippen MR) is 58.0 cm³/mol. The molecule has 2 N–H and O–H groups in total. The summed E-state index contributed by atoms with van der Waals surface area (Å²) in [6.07, 6.45) is 5.79. The summed E-state index contributed by atoms with van der Waals surface area (Å²) in [4.78, 5) is 12.1. The van der Waals surface area contributed by atoms with E-state index in [-0.39, 0.29) is 5.28 Å². The summed E-state index contributed by atoms with van der Waals surface area (Å²) in [5.74, 6) is 1.46. The van der Waals surface area contributed by atoms with E-state index in [9.17, 15) is 0 Å². The minimum atomic E-state index is 0.176. The normalized spacial score (nSPS) is 10.5. The first-order valence-electron chi connectivity index (χ1n) is 4.53. The first-order valence-corrected chi connectivity index (χ1v) is 4.90. The summed E-state index contributed by atoms with van der Waals surface area (Å²) in [6, 6.07) is 0. The van der Waals surface area contributed by atoms with Crippen molar-refractivity contribution < 1.29 is 0 Å². The van der Waals surface area contributed by atoms with Gasteiger partial charge in [0.1, 0.15) is 5.82 Å². The Labute approximate surface area is 91.9 Å². The maximum atomic E-state index is 5.77. The van der Waals surface area contributed by atoms with Gasteiger partial charge in [-0.25, -0.2) is 9.97 Å². The monoisotopic (exact) mass is 223 g/mol. The van der Waals surface area contributed by atoms with Crippen LogP contribution in [0.1, 0.15) is 12.7 Å². The number of hydrogen-bond donors (Lipinski definition) is 1. The molecule has 2 aromatic rings. The van der Waals surface area contributed by atoms with Gasteiger partial charge >= 0.3 is 0 Å². The highest BCUT2D eigenvalue weighted by Crippen LogP contribution is 2.17. The number of imidazole rings is 1. The van der Waals surface area contributed by atoms with Crippen molar-refractivity contribution >= 4 is 17.3 Å². The van der Waals surface area contributed by atoms with Crippen LogP contribution in [-0.2, 0) is 6.42 Å². The van der Waals surface area contributed by atoms with E-state index in [0.29, 0.717) is 11.5 Å². The van der Waals surface area contributed by atoms with Crippen LogP contribution in [0.4, 0.5) is 5.69 Å². The maximum Gasteiger partial charge on any atom is 0.224 e. The smallest absolute Gasteiger partial charge is 0.224 e. The molecule has 0 bridgehead atoms. The third-order valence-corrected chi connectivity index (χ3v) is 2.21. The average Bonchev–Trinajstić information content (AvgIpc) is 2.69. The van der Waals surface area contributed by atoms with E-state index in [0.717, 1.165) is 12.2 Å². The van der Waals surface area contributed by atoms with E-state index >= 15 is 0 Å². The molecule has 2 rings (SSSR count). The molecule has 0 atom stereocenters. The Morgan fingerprint density at radius 2 is 2.27 bits per heavy atom. The standard InChI is InChI=1S/C9H10ClN5/c1-2-7-12-3-4-15(7)8-6(11)5-13-9(10)14-8/h3-5H,2,11H2,1H3. The fraction of sp³-hybridized carbons (Fsp3) is 0.222. The summed E-state index contributed by atoms with van der Waals surface area (Å²) in [6.45, 7) is 2.01. The Kier molecular flexibility index (Phi) is 2.55. The van der Waals surface area contributed by atoms with Gasteiger partial charge in [0.05, 0.1) is 11.9 Å². The molecule has 0 amide bonds. The third kappa shape index (κ3) is 1.78. The molecule has 0 unspecified atom stereocenters. The Bertz CT molecular complexity index is 479. The second kappa shape index (κ2) is 3.86. The molecular formula is C9H10ClN5. The molecule has 78 valence electrons. The van der Waals surface area contributed by atoms with Crippen molar-refractivity contribution in [3.63, 3.8) is 0 Å². The van der Waals surface area contributed by atoms with Crippen LogP contribution in [0, 0.1) is 0 Å². The number of nitrogen functional groups attached to an aromatic ring is 1. The molecule has 15 heavy (non-hydrogen) atoms. The third-order valence-electron chi connectivity index (χ3n) is 2.03. The van der Waals surface area contributed by atoms with Crippen LogP contribution in [0.2, 0.25) is 5.28 Å². The molecule has 5 nitrogen and oxygen atoms in total. The molecule has 0 saturated carbocycles. The highest BCUT2D eigenvalue weighted by molar-refractivity contribution is 6.28. The number of rotatable bonds is 2. The van der Waals surface area contributed by atoms with Gasteiger partial charge in [0.25, 0.3) is 0 Å². The van der Waals surface area contributed by atoms with Gasteiger partial charge in [-0.3, -0.25) is 4.57 Å². The number of aromatic nitrogens is 4. The van der Waals surface area contributed by atoms with Crippen molar-refractivity contribution in [3.8, 4) is 5.82 Å². The minimum absolute atomic E-state index is 0.176. The fourth-order valence-corrected chi connectivity index (χ4v) is 1.47. The Morgan fingerprint density at radius 1 is 1.47 bits per heavy atom. The van der Waals surface area contributed by atoms with Gasteiger partial charge in [0, 0.05) is 18.8 Å². The molecule has 0 aliphatic heterocycles. The van der Waals surface area contributed by atoms with Gasteiger partial charge in [-0.2, -0.15) is 4.98 Å². The van der Waals surface area contributed by atoms with Crippen LogP contribution >= 0.6 is 11.6 Å². The van der Waals surface area contributed by atoms with Gasteiger partial charge in [0.15, 0.2) is 5.82 Å². The van der Waals surface area contributed by atoms with Gasteiger partial charge in [0.2, 0.25) is 5.28 Å². The summed E-state index contributed by atoms with van der Waals surface area (Å²) in [7, 11) is 0. The zero-order valence-corrected chi connectivity index (χ0v) is 8.94. The molecule has 0 fully saturated rings. The lowest BCUT2D eigenvalue weighted by molar-refractivity contribution is 0.864. The summed E-state index contributed by atoms with van der Waals surface area (Å²) >= 11 is 5.72. The van der Waals surface area contributed by atoms with Crippen molar-refractivity contribution in [2.24, 2.45) is 0 Å². The molecular weight excluding hydrogens is 214 g/mol. The number of aryl methyl sites for hydroxylation is 1. The molecule has 0 radical (unpaired) electrons. The number of hydrogen-bond acceptors (Lipinski definition) is 4. The topological polar surface area (TPSA) is 69.6 Å². The number of halogens is 1. The Morgan fingerprint density at radius 3 is 3.00 bits per heavy atom. The molecule has 2 aromatic heterocycles. The lowest BCUT2D eigenvalue weighted by Crippen LogP contribution is -2.06. The van der Waals surface area contributed by atoms with Crippen molar-refractivity contribution in [3.05, 3.63) is 29.7 Å². The average molecular weight is 224 g/mol. The van der Waals surface area contributed by atoms with Crippen LogP contribution in [0.5, 0.6) is 0 Å². The van der Waals surface area contributed by atoms with Crippen LogP contribution in [0.25, 0.3) is 5.82 Å². The van der Waals surface area contributed by atoms with E-state index in [1.807, 2.05) is 11.5 Å². The van der Waals surface area contributed by atoms with E-state index in [4.69, 9.17) is 17.3 Å². The molecule has 0 aliphatic carbocycles. The predicted octanol–water partition coefficient (Wildman–Crippen LogP) is 1.46. The molecule has 0 saturated heterocycles. The second-order valence-electron chi connectivity index (χ2n) is 2.99. The van der Waals surface area contributed by atoms with Crippen molar-refractivity contribution in [1.29, 1.82) is 0 Å². The summed E-state index contributed by atoms with van der Waals surface area (Å²) in [5, 5.41) is 0.176. The van der Waals surface area contributed by atoms with Crippen LogP contribution in [0.15, 0.2) is 18.6 Å². The summed E-state index contributed by atoms with van der Waals surface area (Å²) in [5.41, 5.74) is 6.25. The largest absolute Gasteiger partial charge is 0.394 e. The first kappa shape index (κ1) is 9.92. The van der Waals surface area contributed by atoms with Crippen molar-refractivity contribution in [1.82, 2.24) is 19.5 Å². The van der Waals surface area contributed by atoms with E-state index < -0.39 is 0 Å². The molecule has 0 spiro atoms. The van der Waals surface area contributed by atoms with Crippen molar-refractivity contribution in [2.75, 3.05) is 5.73 Å². The fourth-order valence-electron chi connectivity index (χ4n) is 1.34. The van der Waals surface area contributed by atoms with E-state index in [1.165, 1.54) is 6.20 Å². The van der Waals surface area contributed by atoms with E-state index in [2.05, 4.69) is 15.0 Å². The van der Waals surface area contributed by atoms with Gasteiger partial charge < -0.3 is 5.73 Å². The van der Waals surface area contributed by atoms with E-state index in [1.54, 1.807) is 12.4 Å². The number of anilines is 1. The number of nitrogens with two attached hydrogens (primary N) is 1. The second-order valence-corrected chi connectivity index (χ2v) is 3.32. The molecule has 0 aliphatic rings.